The second-order valence-electron chi connectivity index (χ2n) is 5.67. The number of hydrogen-bond donors (Lipinski definition) is 0. The molecular weight excluding hydrogens is 280 g/mol. The summed E-state index contributed by atoms with van der Waals surface area (Å²) in [6.45, 7) is 7.96. The molecule has 0 saturated carbocycles. The van der Waals surface area contributed by atoms with Crippen molar-refractivity contribution >= 4 is 27.8 Å². The first-order chi connectivity index (χ1) is 8.97. The molecule has 0 aromatic rings. The molecule has 3 nitrogen and oxygen atoms in total. The van der Waals surface area contributed by atoms with Crippen LogP contribution in [0.15, 0.2) is 0 Å². The number of rotatable bonds is 8. The van der Waals surface area contributed by atoms with Gasteiger partial charge in [0.1, 0.15) is 11.5 Å². The van der Waals surface area contributed by atoms with Crippen molar-refractivity contribution in [3.63, 3.8) is 0 Å². The minimum Gasteiger partial charge on any atom is -0.378 e. The number of ether oxygens (including phenoxy) is 2. The van der Waals surface area contributed by atoms with E-state index in [9.17, 15) is 4.79 Å². The molecule has 0 amide bonds. The summed E-state index contributed by atoms with van der Waals surface area (Å²) in [6.07, 6.45) is 2.63. The van der Waals surface area contributed by atoms with Gasteiger partial charge in [0, 0.05) is 5.75 Å². The van der Waals surface area contributed by atoms with E-state index >= 15 is 0 Å². The molecule has 1 rings (SSSR count). The van der Waals surface area contributed by atoms with E-state index in [1.807, 2.05) is 20.8 Å². The van der Waals surface area contributed by atoms with Gasteiger partial charge in [0.15, 0.2) is 5.75 Å². The smallest absolute Gasteiger partial charge is 0.238 e. The van der Waals surface area contributed by atoms with Gasteiger partial charge in [-0.05, 0) is 44.5 Å². The molecule has 1 fully saturated rings. The Kier molecular flexibility index (Phi) is 8.46. The topological polar surface area (TPSA) is 35.5 Å². The molecule has 0 aromatic carbocycles. The molecular formula is C14H27O3S2+. The number of carbonyl (C=O) groups excluding carboxylic acids is 1. The van der Waals surface area contributed by atoms with Crippen molar-refractivity contribution in [1.29, 1.82) is 0 Å². The van der Waals surface area contributed by atoms with Crippen LogP contribution in [0.3, 0.4) is 0 Å². The molecule has 0 aromatic heterocycles. The largest absolute Gasteiger partial charge is 0.378 e. The standard InChI is InChI=1S/C14H27O3S2/c1-14(2,3)17-7-6-16-8-9-18-13(15)12-19-10-4-5-11-19/h4-12H2,1-3H3/q+1. The van der Waals surface area contributed by atoms with Crippen molar-refractivity contribution in [3.05, 3.63) is 0 Å². The first-order valence-corrected chi connectivity index (χ1v) is 9.70. The van der Waals surface area contributed by atoms with Gasteiger partial charge in [-0.2, -0.15) is 0 Å². The molecule has 0 atom stereocenters. The molecule has 0 radical (unpaired) electrons. The predicted octanol–water partition coefficient (Wildman–Crippen LogP) is 2.49. The molecule has 1 heterocycles. The monoisotopic (exact) mass is 307 g/mol. The van der Waals surface area contributed by atoms with Crippen LogP contribution in [-0.2, 0) is 25.2 Å². The van der Waals surface area contributed by atoms with Gasteiger partial charge < -0.3 is 9.47 Å². The fraction of sp³-hybridized carbons (Fsp3) is 0.929. The lowest BCUT2D eigenvalue weighted by atomic mass is 10.2. The van der Waals surface area contributed by atoms with Gasteiger partial charge in [-0.3, -0.25) is 4.79 Å². The first kappa shape index (κ1) is 17.3. The normalized spacial score (nSPS) is 17.0. The van der Waals surface area contributed by atoms with Gasteiger partial charge >= 0.3 is 0 Å². The lowest BCUT2D eigenvalue weighted by Gasteiger charge is -2.19. The van der Waals surface area contributed by atoms with Crippen LogP contribution < -0.4 is 0 Å². The summed E-state index contributed by atoms with van der Waals surface area (Å²) >= 11 is 1.43. The molecule has 0 bridgehead atoms. The molecule has 5 heteroatoms. The van der Waals surface area contributed by atoms with Crippen LogP contribution in [0.2, 0.25) is 0 Å². The van der Waals surface area contributed by atoms with E-state index in [0.717, 1.165) is 11.5 Å². The lowest BCUT2D eigenvalue weighted by molar-refractivity contribution is -0.108. The zero-order valence-corrected chi connectivity index (χ0v) is 14.0. The molecule has 112 valence electrons. The Balaban J connectivity index is 1.88. The quantitative estimate of drug-likeness (QED) is 0.510. The van der Waals surface area contributed by atoms with Gasteiger partial charge in [0.05, 0.1) is 25.4 Å². The summed E-state index contributed by atoms with van der Waals surface area (Å²) in [4.78, 5) is 11.7. The fourth-order valence-electron chi connectivity index (χ4n) is 1.79. The Morgan fingerprint density at radius 3 is 2.47 bits per heavy atom. The molecule has 0 N–H and O–H groups in total. The first-order valence-electron chi connectivity index (χ1n) is 6.99. The van der Waals surface area contributed by atoms with E-state index in [2.05, 4.69) is 0 Å². The summed E-state index contributed by atoms with van der Waals surface area (Å²) in [6, 6.07) is 0. The van der Waals surface area contributed by atoms with E-state index in [-0.39, 0.29) is 5.60 Å². The van der Waals surface area contributed by atoms with Gasteiger partial charge in [0.25, 0.3) is 0 Å². The number of carbonyl (C=O) groups is 1. The summed E-state index contributed by atoms with van der Waals surface area (Å²) < 4.78 is 11.0. The minimum absolute atomic E-state index is 0.101. The Morgan fingerprint density at radius 2 is 1.84 bits per heavy atom. The Hall–Kier alpha value is 0.290. The third kappa shape index (κ3) is 9.77. The molecule has 1 aliphatic heterocycles. The van der Waals surface area contributed by atoms with E-state index in [1.165, 1.54) is 36.1 Å². The second-order valence-corrected chi connectivity index (χ2v) is 9.15. The average Bonchev–Trinajstić information content (AvgIpc) is 2.79. The molecule has 1 saturated heterocycles. The van der Waals surface area contributed by atoms with E-state index < -0.39 is 0 Å². The molecule has 0 aliphatic carbocycles. The van der Waals surface area contributed by atoms with E-state index in [1.54, 1.807) is 0 Å². The highest BCUT2D eigenvalue weighted by Gasteiger charge is 2.26. The van der Waals surface area contributed by atoms with Crippen LogP contribution in [0.1, 0.15) is 33.6 Å². The van der Waals surface area contributed by atoms with Gasteiger partial charge in [-0.1, -0.05) is 11.8 Å². The van der Waals surface area contributed by atoms with E-state index in [4.69, 9.17) is 9.47 Å². The number of hydrogen-bond acceptors (Lipinski definition) is 4. The van der Waals surface area contributed by atoms with Crippen molar-refractivity contribution in [3.8, 4) is 0 Å². The maximum absolute atomic E-state index is 11.7. The highest BCUT2D eigenvalue weighted by atomic mass is 32.2. The highest BCUT2D eigenvalue weighted by Crippen LogP contribution is 2.16. The maximum atomic E-state index is 11.7. The van der Waals surface area contributed by atoms with Crippen LogP contribution in [0.25, 0.3) is 0 Å². The summed E-state index contributed by atoms with van der Waals surface area (Å²) in [5, 5.41) is 0.347. The maximum Gasteiger partial charge on any atom is 0.238 e. The van der Waals surface area contributed by atoms with E-state index in [0.29, 0.717) is 35.8 Å². The van der Waals surface area contributed by atoms with Crippen molar-refractivity contribution in [2.75, 3.05) is 42.8 Å². The Morgan fingerprint density at radius 1 is 1.16 bits per heavy atom. The molecule has 19 heavy (non-hydrogen) atoms. The minimum atomic E-state index is -0.101. The zero-order chi connectivity index (χ0) is 14.1. The van der Waals surface area contributed by atoms with Crippen molar-refractivity contribution in [2.45, 2.75) is 39.2 Å². The Bertz CT molecular complexity index is 258. The fourth-order valence-corrected chi connectivity index (χ4v) is 5.10. The van der Waals surface area contributed by atoms with Crippen molar-refractivity contribution in [1.82, 2.24) is 0 Å². The van der Waals surface area contributed by atoms with Crippen LogP contribution >= 0.6 is 11.8 Å². The predicted molar refractivity (Wildman–Crippen MR) is 85.2 cm³/mol. The lowest BCUT2D eigenvalue weighted by Crippen LogP contribution is -2.22. The van der Waals surface area contributed by atoms with Crippen LogP contribution in [0, 0.1) is 0 Å². The Labute approximate surface area is 124 Å². The van der Waals surface area contributed by atoms with Crippen LogP contribution in [0.4, 0.5) is 0 Å². The highest BCUT2D eigenvalue weighted by molar-refractivity contribution is 8.15. The van der Waals surface area contributed by atoms with Gasteiger partial charge in [0.2, 0.25) is 5.12 Å². The SMILES string of the molecule is CC(C)(C)OCCOCCSC(=O)C[S+]1CCCC1. The third-order valence-corrected chi connectivity index (χ3v) is 6.11. The molecule has 0 unspecified atom stereocenters. The van der Waals surface area contributed by atoms with Gasteiger partial charge in [-0.25, -0.2) is 0 Å². The van der Waals surface area contributed by atoms with Crippen LogP contribution in [-0.4, -0.2) is 53.5 Å². The molecule has 0 spiro atoms. The summed E-state index contributed by atoms with van der Waals surface area (Å²) in [7, 11) is 0.391. The van der Waals surface area contributed by atoms with Crippen LogP contribution in [0.5, 0.6) is 0 Å². The summed E-state index contributed by atoms with van der Waals surface area (Å²) in [5.41, 5.74) is -0.101. The third-order valence-electron chi connectivity index (χ3n) is 2.69. The number of thioether (sulfide) groups is 1. The molecule has 1 aliphatic rings. The second kappa shape index (κ2) is 9.27. The zero-order valence-electron chi connectivity index (χ0n) is 12.4. The van der Waals surface area contributed by atoms with Crippen molar-refractivity contribution < 1.29 is 14.3 Å². The van der Waals surface area contributed by atoms with Crippen molar-refractivity contribution in [2.24, 2.45) is 0 Å². The summed E-state index contributed by atoms with van der Waals surface area (Å²) in [5.74, 6) is 4.10. The average molecular weight is 308 g/mol. The van der Waals surface area contributed by atoms with Gasteiger partial charge in [-0.15, -0.1) is 0 Å².